The van der Waals surface area contributed by atoms with Gasteiger partial charge in [-0.05, 0) is 111 Å². The molecule has 10 rings (SSSR count). The number of amidine groups is 2. The van der Waals surface area contributed by atoms with Crippen LogP contribution in [0.1, 0.15) is 11.1 Å². The normalized spacial score (nSPS) is 18.3. The highest BCUT2D eigenvalue weighted by Crippen LogP contribution is 2.34. The van der Waals surface area contributed by atoms with E-state index in [1.165, 1.54) is 40.3 Å². The molecule has 0 atom stereocenters. The molecular weight excluding hydrogens is 785 g/mol. The summed E-state index contributed by atoms with van der Waals surface area (Å²) in [5.74, 6) is 0.550. The van der Waals surface area contributed by atoms with Gasteiger partial charge >= 0.3 is 0 Å². The summed E-state index contributed by atoms with van der Waals surface area (Å²) < 4.78 is 5.29. The van der Waals surface area contributed by atoms with Gasteiger partial charge in [0, 0.05) is 63.7 Å². The van der Waals surface area contributed by atoms with Gasteiger partial charge in [0.2, 0.25) is 0 Å². The lowest BCUT2D eigenvalue weighted by Gasteiger charge is -2.36. The van der Waals surface area contributed by atoms with Crippen LogP contribution in [0.3, 0.4) is 0 Å². The average molecular weight is 829 g/mol. The third-order valence-electron chi connectivity index (χ3n) is 11.0. The van der Waals surface area contributed by atoms with Crippen LogP contribution in [0.5, 0.6) is 5.75 Å². The van der Waals surface area contributed by atoms with Gasteiger partial charge in [-0.25, -0.2) is 0 Å². The number of hydrogen-bond acceptors (Lipinski definition) is 9. The maximum atomic E-state index is 12.5. The van der Waals surface area contributed by atoms with Crippen LogP contribution >= 0.6 is 23.5 Å². The molecule has 60 heavy (non-hydrogen) atoms. The number of anilines is 2. The zero-order valence-corrected chi connectivity index (χ0v) is 34.9. The molecule has 0 N–H and O–H groups in total. The molecule has 0 aliphatic carbocycles. The SMILES string of the molecule is COc1ccc2cc(C=C3SC(N4CCN(c5ccccc5)CC4)=NC3=O)ccc2c1.O=C1N=C(N2CCN(c3ccccc3)CC2)SC1=Cc1cccc2ccccc12. The van der Waals surface area contributed by atoms with E-state index in [4.69, 9.17) is 4.74 Å². The first kappa shape index (κ1) is 39.2. The Morgan fingerprint density at radius 3 is 1.60 bits per heavy atom. The topological polar surface area (TPSA) is 81.0 Å². The smallest absolute Gasteiger partial charge is 0.286 e. The molecular formula is C49H44N6O3S2. The molecule has 2 amide bonds. The summed E-state index contributed by atoms with van der Waals surface area (Å²) in [6, 6.07) is 47.5. The number of para-hydroxylation sites is 2. The molecule has 0 saturated carbocycles. The summed E-state index contributed by atoms with van der Waals surface area (Å²) in [5.41, 5.74) is 4.55. The number of thioether (sulfide) groups is 2. The van der Waals surface area contributed by atoms with E-state index in [-0.39, 0.29) is 11.8 Å². The summed E-state index contributed by atoms with van der Waals surface area (Å²) >= 11 is 2.97. The van der Waals surface area contributed by atoms with E-state index >= 15 is 0 Å². The molecule has 4 heterocycles. The molecule has 4 aliphatic heterocycles. The van der Waals surface area contributed by atoms with Crippen molar-refractivity contribution in [3.63, 3.8) is 0 Å². The van der Waals surface area contributed by atoms with Crippen LogP contribution in [-0.4, -0.2) is 91.4 Å². The number of carbonyl (C=O) groups is 2. The van der Waals surface area contributed by atoms with Crippen molar-refractivity contribution >= 4 is 90.7 Å². The Morgan fingerprint density at radius 1 is 0.500 bits per heavy atom. The highest BCUT2D eigenvalue weighted by Gasteiger charge is 2.30. The number of hydrogen-bond donors (Lipinski definition) is 0. The first-order valence-corrected chi connectivity index (χ1v) is 21.8. The van der Waals surface area contributed by atoms with Gasteiger partial charge in [0.1, 0.15) is 5.75 Å². The van der Waals surface area contributed by atoms with Crippen LogP contribution in [0.15, 0.2) is 159 Å². The standard InChI is InChI=1S/C25H23N3O2S.C24H21N3OS/c1-30-22-10-9-19-15-18(7-8-20(19)17-22)16-23-24(29)26-25(31-23)28-13-11-27(12-14-28)21-5-3-2-4-6-21;28-23-22(17-19-9-6-8-18-7-4-5-12-21(18)19)29-24(25-23)27-15-13-26(14-16-27)20-10-2-1-3-11-20/h2-10,15-17H,11-14H2,1H3;1-12,17H,13-16H2. The Kier molecular flexibility index (Phi) is 11.7. The molecule has 0 spiro atoms. The molecule has 0 unspecified atom stereocenters. The van der Waals surface area contributed by atoms with Crippen molar-refractivity contribution in [1.29, 1.82) is 0 Å². The van der Waals surface area contributed by atoms with Crippen LogP contribution in [0, 0.1) is 0 Å². The van der Waals surface area contributed by atoms with Crippen LogP contribution in [0.2, 0.25) is 0 Å². The van der Waals surface area contributed by atoms with Gasteiger partial charge < -0.3 is 24.3 Å². The molecule has 11 heteroatoms. The molecule has 0 radical (unpaired) electrons. The summed E-state index contributed by atoms with van der Waals surface area (Å²) in [6.07, 6.45) is 3.92. The van der Waals surface area contributed by atoms with Crippen LogP contribution in [-0.2, 0) is 9.59 Å². The van der Waals surface area contributed by atoms with Gasteiger partial charge in [-0.2, -0.15) is 9.98 Å². The van der Waals surface area contributed by atoms with Gasteiger partial charge in [-0.3, -0.25) is 9.59 Å². The van der Waals surface area contributed by atoms with Gasteiger partial charge in [0.05, 0.1) is 16.9 Å². The number of piperazine rings is 2. The molecule has 6 aromatic rings. The van der Waals surface area contributed by atoms with Crippen molar-refractivity contribution in [3.05, 3.63) is 160 Å². The van der Waals surface area contributed by atoms with Gasteiger partial charge in [-0.15, -0.1) is 0 Å². The van der Waals surface area contributed by atoms with Crippen molar-refractivity contribution in [3.8, 4) is 5.75 Å². The number of carbonyl (C=O) groups excluding carboxylic acids is 2. The number of aliphatic imine (C=N–C) groups is 2. The van der Waals surface area contributed by atoms with Crippen molar-refractivity contribution in [2.75, 3.05) is 69.3 Å². The fourth-order valence-corrected chi connectivity index (χ4v) is 9.70. The lowest BCUT2D eigenvalue weighted by molar-refractivity contribution is -0.114. The van der Waals surface area contributed by atoms with E-state index in [0.29, 0.717) is 9.81 Å². The second-order valence-corrected chi connectivity index (χ2v) is 16.8. The number of ether oxygens (including phenoxy) is 1. The zero-order valence-electron chi connectivity index (χ0n) is 33.3. The van der Waals surface area contributed by atoms with Gasteiger partial charge in [-0.1, -0.05) is 97.1 Å². The highest BCUT2D eigenvalue weighted by molar-refractivity contribution is 8.18. The maximum absolute atomic E-state index is 12.5. The predicted molar refractivity (Wildman–Crippen MR) is 251 cm³/mol. The Hall–Kier alpha value is -6.30. The summed E-state index contributed by atoms with van der Waals surface area (Å²) in [6.45, 7) is 7.17. The quantitative estimate of drug-likeness (QED) is 0.158. The lowest BCUT2D eigenvalue weighted by atomic mass is 10.0. The van der Waals surface area contributed by atoms with E-state index < -0.39 is 0 Å². The van der Waals surface area contributed by atoms with E-state index in [2.05, 4.69) is 115 Å². The number of fused-ring (bicyclic) bond motifs is 2. The predicted octanol–water partition coefficient (Wildman–Crippen LogP) is 9.27. The average Bonchev–Trinajstić information content (AvgIpc) is 3.87. The Morgan fingerprint density at radius 2 is 1.00 bits per heavy atom. The Labute approximate surface area is 358 Å². The van der Waals surface area contributed by atoms with Crippen molar-refractivity contribution < 1.29 is 14.3 Å². The second-order valence-electron chi connectivity index (χ2n) is 14.8. The van der Waals surface area contributed by atoms with Crippen molar-refractivity contribution in [1.82, 2.24) is 9.80 Å². The van der Waals surface area contributed by atoms with Gasteiger partial charge in [0.25, 0.3) is 11.8 Å². The van der Waals surface area contributed by atoms with Crippen LogP contribution < -0.4 is 14.5 Å². The van der Waals surface area contributed by atoms with E-state index in [1.807, 2.05) is 66.7 Å². The number of amides is 2. The molecule has 0 aromatic heterocycles. The third-order valence-corrected chi connectivity index (χ3v) is 13.1. The second kappa shape index (κ2) is 17.9. The van der Waals surface area contributed by atoms with Crippen LogP contribution in [0.25, 0.3) is 33.7 Å². The minimum Gasteiger partial charge on any atom is -0.497 e. The largest absolute Gasteiger partial charge is 0.497 e. The summed E-state index contributed by atoms with van der Waals surface area (Å²) in [4.78, 5) is 44.3. The number of rotatable bonds is 5. The van der Waals surface area contributed by atoms with Gasteiger partial charge in [0.15, 0.2) is 10.3 Å². The highest BCUT2D eigenvalue weighted by atomic mass is 32.2. The molecule has 6 aromatic carbocycles. The molecule has 4 aliphatic rings. The first-order valence-electron chi connectivity index (χ1n) is 20.2. The van der Waals surface area contributed by atoms with E-state index in [0.717, 1.165) is 95.7 Å². The molecule has 2 fully saturated rings. The third kappa shape index (κ3) is 8.83. The van der Waals surface area contributed by atoms with E-state index in [1.54, 1.807) is 7.11 Å². The molecule has 300 valence electrons. The molecule has 0 bridgehead atoms. The maximum Gasteiger partial charge on any atom is 0.286 e. The monoisotopic (exact) mass is 828 g/mol. The molecule has 9 nitrogen and oxygen atoms in total. The van der Waals surface area contributed by atoms with Crippen molar-refractivity contribution in [2.24, 2.45) is 9.98 Å². The number of nitrogens with zero attached hydrogens (tertiary/aromatic N) is 6. The fourth-order valence-electron chi connectivity index (χ4n) is 7.78. The Bertz CT molecular complexity index is 2660. The zero-order chi connectivity index (χ0) is 40.8. The first-order chi connectivity index (χ1) is 29.5. The fraction of sp³-hybridized carbons (Fsp3) is 0.184. The minimum absolute atomic E-state index is 0.136. The minimum atomic E-state index is -0.152. The molecule has 2 saturated heterocycles. The number of benzene rings is 6. The summed E-state index contributed by atoms with van der Waals surface area (Å²) in [7, 11) is 1.67. The van der Waals surface area contributed by atoms with Crippen LogP contribution in [0.4, 0.5) is 11.4 Å². The van der Waals surface area contributed by atoms with Crippen molar-refractivity contribution in [2.45, 2.75) is 0 Å². The number of methoxy groups -OCH3 is 1. The Balaban J connectivity index is 0.000000154. The van der Waals surface area contributed by atoms with E-state index in [9.17, 15) is 9.59 Å². The summed E-state index contributed by atoms with van der Waals surface area (Å²) in [5, 5.41) is 6.20. The lowest BCUT2D eigenvalue weighted by Crippen LogP contribution is -2.47.